The number of pyridine rings is 1. The predicted octanol–water partition coefficient (Wildman–Crippen LogP) is 3.56. The van der Waals surface area contributed by atoms with E-state index >= 15 is 0 Å². The fraction of sp³-hybridized carbons (Fsp3) is 0.583. The van der Waals surface area contributed by atoms with E-state index in [1.54, 1.807) is 6.07 Å². The monoisotopic (exact) mass is 296 g/mol. The molecule has 7 heteroatoms. The number of aromatic nitrogens is 1. The molecule has 0 radical (unpaired) electrons. The highest BCUT2D eigenvalue weighted by Gasteiger charge is 2.26. The van der Waals surface area contributed by atoms with Crippen LogP contribution in [-0.2, 0) is 6.54 Å². The maximum atomic E-state index is 12.0. The summed E-state index contributed by atoms with van der Waals surface area (Å²) in [4.78, 5) is 3.84. The Balaban J connectivity index is 2.57. The van der Waals surface area contributed by atoms with Gasteiger partial charge in [0.15, 0.2) is 0 Å². The van der Waals surface area contributed by atoms with Crippen LogP contribution in [0.4, 0.5) is 13.2 Å². The van der Waals surface area contributed by atoms with E-state index in [-0.39, 0.29) is 11.9 Å². The molecule has 1 rings (SSSR count). The van der Waals surface area contributed by atoms with Gasteiger partial charge < -0.3 is 10.1 Å². The summed E-state index contributed by atoms with van der Waals surface area (Å²) in [5.41, 5.74) is 0.743. The van der Waals surface area contributed by atoms with Crippen LogP contribution < -0.4 is 10.1 Å². The summed E-state index contributed by atoms with van der Waals surface area (Å²) < 4.78 is 40.9. The van der Waals surface area contributed by atoms with Gasteiger partial charge in [0, 0.05) is 24.8 Å². The number of hydrogen-bond acceptors (Lipinski definition) is 3. The molecule has 0 atom stereocenters. The lowest BCUT2D eigenvalue weighted by Gasteiger charge is -2.12. The largest absolute Gasteiger partial charge is 0.477 e. The quantitative estimate of drug-likeness (QED) is 0.871. The molecule has 1 N–H and O–H groups in total. The van der Waals surface area contributed by atoms with Crippen LogP contribution in [0, 0.1) is 0 Å². The van der Waals surface area contributed by atoms with Crippen LogP contribution in [-0.4, -0.2) is 23.8 Å². The highest BCUT2D eigenvalue weighted by Crippen LogP contribution is 2.22. The number of alkyl halides is 3. The van der Waals surface area contributed by atoms with E-state index in [0.717, 1.165) is 5.56 Å². The normalized spacial score (nSPS) is 11.9. The Labute approximate surface area is 115 Å². The van der Waals surface area contributed by atoms with Gasteiger partial charge in [0.25, 0.3) is 0 Å². The standard InChI is InChI=1S/C12H16ClF3N2O/c1-8(2)17-6-9-5-11(18-7-10(9)13)19-4-3-12(14,15)16/h5,7-8,17H,3-4,6H2,1-2H3. The van der Waals surface area contributed by atoms with Crippen molar-refractivity contribution in [1.82, 2.24) is 10.3 Å². The van der Waals surface area contributed by atoms with Crippen molar-refractivity contribution in [2.45, 2.75) is 39.0 Å². The molecule has 1 aromatic rings. The summed E-state index contributed by atoms with van der Waals surface area (Å²) in [5.74, 6) is 0.147. The zero-order valence-electron chi connectivity index (χ0n) is 10.7. The average molecular weight is 297 g/mol. The van der Waals surface area contributed by atoms with Crippen molar-refractivity contribution >= 4 is 11.6 Å². The van der Waals surface area contributed by atoms with Crippen molar-refractivity contribution in [3.63, 3.8) is 0 Å². The first-order valence-electron chi connectivity index (χ1n) is 5.85. The maximum absolute atomic E-state index is 12.0. The van der Waals surface area contributed by atoms with Crippen molar-refractivity contribution in [2.75, 3.05) is 6.61 Å². The fourth-order valence-corrected chi connectivity index (χ4v) is 1.43. The highest BCUT2D eigenvalue weighted by molar-refractivity contribution is 6.31. The number of halogens is 4. The van der Waals surface area contributed by atoms with E-state index < -0.39 is 19.2 Å². The van der Waals surface area contributed by atoms with E-state index in [4.69, 9.17) is 16.3 Å². The van der Waals surface area contributed by atoms with Gasteiger partial charge in [-0.1, -0.05) is 25.4 Å². The molecule has 0 saturated carbocycles. The molecule has 0 aliphatic carbocycles. The zero-order chi connectivity index (χ0) is 14.5. The summed E-state index contributed by atoms with van der Waals surface area (Å²) in [7, 11) is 0. The van der Waals surface area contributed by atoms with Gasteiger partial charge >= 0.3 is 6.18 Å². The van der Waals surface area contributed by atoms with Gasteiger partial charge in [-0.3, -0.25) is 0 Å². The smallest absolute Gasteiger partial charge is 0.392 e. The van der Waals surface area contributed by atoms with Crippen molar-refractivity contribution in [3.05, 3.63) is 22.8 Å². The van der Waals surface area contributed by atoms with Crippen molar-refractivity contribution in [1.29, 1.82) is 0 Å². The minimum Gasteiger partial charge on any atom is -0.477 e. The van der Waals surface area contributed by atoms with Crippen LogP contribution in [0.2, 0.25) is 5.02 Å². The van der Waals surface area contributed by atoms with E-state index in [2.05, 4.69) is 10.3 Å². The second-order valence-electron chi connectivity index (χ2n) is 4.36. The van der Waals surface area contributed by atoms with E-state index in [0.29, 0.717) is 11.6 Å². The van der Waals surface area contributed by atoms with Gasteiger partial charge in [0.1, 0.15) is 0 Å². The molecule has 19 heavy (non-hydrogen) atoms. The summed E-state index contributed by atoms with van der Waals surface area (Å²) in [6, 6.07) is 1.83. The summed E-state index contributed by atoms with van der Waals surface area (Å²) in [5, 5.41) is 3.62. The summed E-state index contributed by atoms with van der Waals surface area (Å²) in [6.07, 6.45) is -3.85. The zero-order valence-corrected chi connectivity index (χ0v) is 11.5. The van der Waals surface area contributed by atoms with Crippen LogP contribution in [0.1, 0.15) is 25.8 Å². The number of rotatable bonds is 6. The van der Waals surface area contributed by atoms with Crippen LogP contribution in [0.3, 0.4) is 0 Å². The highest BCUT2D eigenvalue weighted by atomic mass is 35.5. The lowest BCUT2D eigenvalue weighted by atomic mass is 10.2. The number of nitrogens with one attached hydrogen (secondary N) is 1. The first-order chi connectivity index (χ1) is 8.78. The third kappa shape index (κ3) is 6.63. The van der Waals surface area contributed by atoms with Gasteiger partial charge in [-0.2, -0.15) is 13.2 Å². The average Bonchev–Trinajstić information content (AvgIpc) is 2.27. The molecule has 0 aliphatic rings. The Morgan fingerprint density at radius 3 is 2.68 bits per heavy atom. The Hall–Kier alpha value is -1.01. The van der Waals surface area contributed by atoms with Crippen molar-refractivity contribution in [3.8, 4) is 5.88 Å². The topological polar surface area (TPSA) is 34.1 Å². The van der Waals surface area contributed by atoms with Crippen LogP contribution in [0.25, 0.3) is 0 Å². The summed E-state index contributed by atoms with van der Waals surface area (Å²) >= 11 is 5.95. The van der Waals surface area contributed by atoms with Gasteiger partial charge in [-0.05, 0) is 5.56 Å². The van der Waals surface area contributed by atoms with Gasteiger partial charge in [-0.25, -0.2) is 4.98 Å². The first kappa shape index (κ1) is 16.0. The molecule has 0 aliphatic heterocycles. The number of hydrogen-bond donors (Lipinski definition) is 1. The molecular weight excluding hydrogens is 281 g/mol. The maximum Gasteiger partial charge on any atom is 0.392 e. The molecule has 0 aromatic carbocycles. The fourth-order valence-electron chi connectivity index (χ4n) is 1.26. The molecular formula is C12H16ClF3N2O. The molecule has 0 fully saturated rings. The molecule has 0 spiro atoms. The summed E-state index contributed by atoms with van der Waals surface area (Å²) in [6.45, 7) is 4.02. The van der Waals surface area contributed by atoms with E-state index in [1.165, 1.54) is 6.20 Å². The predicted molar refractivity (Wildman–Crippen MR) is 67.4 cm³/mol. The van der Waals surface area contributed by atoms with Crippen LogP contribution >= 0.6 is 11.6 Å². The Bertz CT molecular complexity index is 410. The molecule has 0 unspecified atom stereocenters. The SMILES string of the molecule is CC(C)NCc1cc(OCCC(F)(F)F)ncc1Cl. The van der Waals surface area contributed by atoms with Crippen LogP contribution in [0.5, 0.6) is 5.88 Å². The van der Waals surface area contributed by atoms with E-state index in [9.17, 15) is 13.2 Å². The molecule has 108 valence electrons. The lowest BCUT2D eigenvalue weighted by molar-refractivity contribution is -0.139. The molecule has 0 amide bonds. The molecule has 0 bridgehead atoms. The Kier molecular flexibility index (Phi) is 5.87. The van der Waals surface area contributed by atoms with Gasteiger partial charge in [-0.15, -0.1) is 0 Å². The third-order valence-electron chi connectivity index (χ3n) is 2.25. The second-order valence-corrected chi connectivity index (χ2v) is 4.77. The minimum absolute atomic E-state index is 0.147. The first-order valence-corrected chi connectivity index (χ1v) is 6.23. The third-order valence-corrected chi connectivity index (χ3v) is 2.59. The van der Waals surface area contributed by atoms with Crippen molar-refractivity contribution in [2.24, 2.45) is 0 Å². The number of nitrogens with zero attached hydrogens (tertiary/aromatic N) is 1. The second kappa shape index (κ2) is 6.96. The molecule has 1 heterocycles. The molecule has 0 saturated heterocycles. The van der Waals surface area contributed by atoms with Crippen LogP contribution in [0.15, 0.2) is 12.3 Å². The van der Waals surface area contributed by atoms with Crippen molar-refractivity contribution < 1.29 is 17.9 Å². The minimum atomic E-state index is -4.23. The lowest BCUT2D eigenvalue weighted by Crippen LogP contribution is -2.22. The molecule has 3 nitrogen and oxygen atoms in total. The van der Waals surface area contributed by atoms with Gasteiger partial charge in [0.2, 0.25) is 5.88 Å². The number of ether oxygens (including phenoxy) is 1. The Morgan fingerprint density at radius 2 is 2.11 bits per heavy atom. The molecule has 1 aromatic heterocycles. The van der Waals surface area contributed by atoms with Gasteiger partial charge in [0.05, 0.1) is 18.1 Å². The Morgan fingerprint density at radius 1 is 1.42 bits per heavy atom. The van der Waals surface area contributed by atoms with E-state index in [1.807, 2.05) is 13.8 Å².